The van der Waals surface area contributed by atoms with Gasteiger partial charge in [0.15, 0.2) is 5.13 Å². The molecule has 0 radical (unpaired) electrons. The average Bonchev–Trinajstić information content (AvgIpc) is 2.86. The second-order valence-corrected chi connectivity index (χ2v) is 8.13. The first kappa shape index (κ1) is 19.3. The van der Waals surface area contributed by atoms with E-state index in [1.165, 1.54) is 11.3 Å². The summed E-state index contributed by atoms with van der Waals surface area (Å²) in [7, 11) is 3.92. The smallest absolute Gasteiger partial charge is 0.321 e. The SMILES string of the molecule is Cc1nc(NC(=O)NCCN(C)C)sc1-c1ccnc(C(C)(C)C)n1. The van der Waals surface area contributed by atoms with Crippen molar-refractivity contribution in [3.05, 3.63) is 23.8 Å². The van der Waals surface area contributed by atoms with Crippen LogP contribution in [-0.2, 0) is 5.41 Å². The summed E-state index contributed by atoms with van der Waals surface area (Å²) in [6, 6.07) is 1.62. The molecule has 0 saturated heterocycles. The normalized spacial score (nSPS) is 11.6. The number of amides is 2. The number of carbonyl (C=O) groups excluding carboxylic acids is 1. The molecule has 0 unspecified atom stereocenters. The lowest BCUT2D eigenvalue weighted by Gasteiger charge is -2.16. The molecule has 0 spiro atoms. The number of rotatable bonds is 5. The van der Waals surface area contributed by atoms with Crippen molar-refractivity contribution in [1.82, 2.24) is 25.2 Å². The summed E-state index contributed by atoms with van der Waals surface area (Å²) < 4.78 is 0. The van der Waals surface area contributed by atoms with Gasteiger partial charge in [0.2, 0.25) is 0 Å². The highest BCUT2D eigenvalue weighted by Crippen LogP contribution is 2.32. The zero-order valence-electron chi connectivity index (χ0n) is 15.7. The van der Waals surface area contributed by atoms with Crippen LogP contribution in [-0.4, -0.2) is 53.1 Å². The number of aromatic nitrogens is 3. The third kappa shape index (κ3) is 5.47. The summed E-state index contributed by atoms with van der Waals surface area (Å²) in [6.45, 7) is 9.52. The molecule has 0 aliphatic heterocycles. The van der Waals surface area contributed by atoms with E-state index in [1.54, 1.807) is 6.20 Å². The molecule has 0 atom stereocenters. The Morgan fingerprint density at radius 2 is 2.00 bits per heavy atom. The van der Waals surface area contributed by atoms with Gasteiger partial charge in [-0.05, 0) is 27.1 Å². The number of nitrogens with zero attached hydrogens (tertiary/aromatic N) is 4. The van der Waals surface area contributed by atoms with Gasteiger partial charge in [0.05, 0.1) is 16.3 Å². The molecule has 2 N–H and O–H groups in total. The van der Waals surface area contributed by atoms with E-state index >= 15 is 0 Å². The van der Waals surface area contributed by atoms with Gasteiger partial charge >= 0.3 is 6.03 Å². The zero-order valence-corrected chi connectivity index (χ0v) is 16.5. The van der Waals surface area contributed by atoms with Crippen molar-refractivity contribution in [2.75, 3.05) is 32.5 Å². The van der Waals surface area contributed by atoms with Gasteiger partial charge in [0.25, 0.3) is 0 Å². The van der Waals surface area contributed by atoms with Gasteiger partial charge in [0, 0.05) is 24.7 Å². The largest absolute Gasteiger partial charge is 0.337 e. The number of hydrogen-bond acceptors (Lipinski definition) is 6. The number of anilines is 1. The molecule has 7 nitrogen and oxygen atoms in total. The Balaban J connectivity index is 2.11. The van der Waals surface area contributed by atoms with Gasteiger partial charge in [-0.15, -0.1) is 0 Å². The molecular formula is C17H26N6OS. The van der Waals surface area contributed by atoms with Crippen molar-refractivity contribution in [3.63, 3.8) is 0 Å². The molecule has 0 fully saturated rings. The minimum absolute atomic E-state index is 0.123. The summed E-state index contributed by atoms with van der Waals surface area (Å²) in [6.07, 6.45) is 1.77. The van der Waals surface area contributed by atoms with E-state index < -0.39 is 0 Å². The highest BCUT2D eigenvalue weighted by atomic mass is 32.1. The lowest BCUT2D eigenvalue weighted by atomic mass is 9.95. The lowest BCUT2D eigenvalue weighted by Crippen LogP contribution is -2.34. The summed E-state index contributed by atoms with van der Waals surface area (Å²) in [5, 5.41) is 6.16. The lowest BCUT2D eigenvalue weighted by molar-refractivity contribution is 0.250. The van der Waals surface area contributed by atoms with Gasteiger partial charge < -0.3 is 10.2 Å². The van der Waals surface area contributed by atoms with Crippen molar-refractivity contribution in [3.8, 4) is 10.6 Å². The Hall–Kier alpha value is -2.06. The van der Waals surface area contributed by atoms with Gasteiger partial charge in [0.1, 0.15) is 5.82 Å². The first-order valence-electron chi connectivity index (χ1n) is 8.17. The number of thiazole rings is 1. The fourth-order valence-corrected chi connectivity index (χ4v) is 3.00. The molecule has 25 heavy (non-hydrogen) atoms. The van der Waals surface area contributed by atoms with Crippen LogP contribution < -0.4 is 10.6 Å². The van der Waals surface area contributed by atoms with Crippen molar-refractivity contribution in [2.45, 2.75) is 33.1 Å². The first-order valence-corrected chi connectivity index (χ1v) is 8.99. The monoisotopic (exact) mass is 362 g/mol. The molecule has 2 rings (SSSR count). The van der Waals surface area contributed by atoms with Crippen LogP contribution in [0.1, 0.15) is 32.3 Å². The molecule has 0 bridgehead atoms. The third-order valence-corrected chi connectivity index (χ3v) is 4.52. The summed E-state index contributed by atoms with van der Waals surface area (Å²) in [4.78, 5) is 28.3. The fraction of sp³-hybridized carbons (Fsp3) is 0.529. The standard InChI is InChI=1S/C17H26N6OS/c1-11-13(12-7-8-18-14(21-12)17(2,3)4)25-16(20-11)22-15(24)19-9-10-23(5)6/h7-8H,9-10H2,1-6H3,(H2,19,20,22,24). The molecule has 2 aromatic heterocycles. The molecule has 2 amide bonds. The Bertz CT molecular complexity index is 735. The zero-order chi connectivity index (χ0) is 18.6. The first-order chi connectivity index (χ1) is 11.7. The molecule has 2 aromatic rings. The van der Waals surface area contributed by atoms with Gasteiger partial charge in [-0.3, -0.25) is 5.32 Å². The van der Waals surface area contributed by atoms with Crippen LogP contribution in [0.4, 0.5) is 9.93 Å². The summed E-state index contributed by atoms with van der Waals surface area (Å²) >= 11 is 1.42. The van der Waals surface area contributed by atoms with E-state index in [1.807, 2.05) is 32.0 Å². The number of nitrogens with one attached hydrogen (secondary N) is 2. The predicted octanol–water partition coefficient (Wildman–Crippen LogP) is 2.89. The topological polar surface area (TPSA) is 83.0 Å². The van der Waals surface area contributed by atoms with Crippen LogP contribution in [0.2, 0.25) is 0 Å². The van der Waals surface area contributed by atoms with Crippen molar-refractivity contribution >= 4 is 22.5 Å². The highest BCUT2D eigenvalue weighted by molar-refractivity contribution is 7.19. The minimum atomic E-state index is -0.250. The third-order valence-electron chi connectivity index (χ3n) is 3.42. The van der Waals surface area contributed by atoms with E-state index in [9.17, 15) is 4.79 Å². The number of likely N-dealkylation sites (N-methyl/N-ethyl adjacent to an activating group) is 1. The Kier molecular flexibility index (Phi) is 6.07. The summed E-state index contributed by atoms with van der Waals surface area (Å²) in [5.41, 5.74) is 1.55. The molecule has 0 aliphatic rings. The molecule has 8 heteroatoms. The average molecular weight is 363 g/mol. The van der Waals surface area contributed by atoms with Crippen LogP contribution in [0.25, 0.3) is 10.6 Å². The van der Waals surface area contributed by atoms with Crippen molar-refractivity contribution in [2.24, 2.45) is 0 Å². The van der Waals surface area contributed by atoms with E-state index in [0.29, 0.717) is 11.7 Å². The maximum Gasteiger partial charge on any atom is 0.321 e. The van der Waals surface area contributed by atoms with E-state index in [4.69, 9.17) is 0 Å². The van der Waals surface area contributed by atoms with Crippen LogP contribution in [0.3, 0.4) is 0 Å². The second kappa shape index (κ2) is 7.88. The van der Waals surface area contributed by atoms with Crippen LogP contribution >= 0.6 is 11.3 Å². The molecule has 0 aliphatic carbocycles. The number of aryl methyl sites for hydroxylation is 1. The van der Waals surface area contributed by atoms with Crippen LogP contribution in [0.15, 0.2) is 12.3 Å². The van der Waals surface area contributed by atoms with Crippen LogP contribution in [0.5, 0.6) is 0 Å². The maximum atomic E-state index is 11.9. The highest BCUT2D eigenvalue weighted by Gasteiger charge is 2.19. The minimum Gasteiger partial charge on any atom is -0.337 e. The van der Waals surface area contributed by atoms with Crippen LogP contribution in [0, 0.1) is 6.92 Å². The van der Waals surface area contributed by atoms with E-state index in [-0.39, 0.29) is 11.4 Å². The van der Waals surface area contributed by atoms with Gasteiger partial charge in [-0.25, -0.2) is 19.7 Å². The van der Waals surface area contributed by atoms with E-state index in [0.717, 1.165) is 28.6 Å². The van der Waals surface area contributed by atoms with Crippen molar-refractivity contribution in [1.29, 1.82) is 0 Å². The Morgan fingerprint density at radius 1 is 1.28 bits per heavy atom. The number of urea groups is 1. The van der Waals surface area contributed by atoms with E-state index in [2.05, 4.69) is 46.4 Å². The molecule has 0 saturated carbocycles. The molecule has 2 heterocycles. The van der Waals surface area contributed by atoms with Crippen molar-refractivity contribution < 1.29 is 4.79 Å². The quantitative estimate of drug-likeness (QED) is 0.854. The Labute approximate surface area is 152 Å². The maximum absolute atomic E-state index is 11.9. The fourth-order valence-electron chi connectivity index (χ4n) is 2.07. The second-order valence-electron chi connectivity index (χ2n) is 7.13. The van der Waals surface area contributed by atoms with Gasteiger partial charge in [-0.2, -0.15) is 0 Å². The molecule has 0 aromatic carbocycles. The van der Waals surface area contributed by atoms with Gasteiger partial charge in [-0.1, -0.05) is 32.1 Å². The predicted molar refractivity (Wildman–Crippen MR) is 102 cm³/mol. The number of hydrogen-bond donors (Lipinski definition) is 2. The molecule has 136 valence electrons. The number of carbonyl (C=O) groups is 1. The Morgan fingerprint density at radius 3 is 2.64 bits per heavy atom. The molecular weight excluding hydrogens is 336 g/mol. The summed E-state index contributed by atoms with van der Waals surface area (Å²) in [5.74, 6) is 0.786.